The van der Waals surface area contributed by atoms with Crippen molar-refractivity contribution in [2.45, 2.75) is 12.8 Å². The van der Waals surface area contributed by atoms with E-state index in [0.29, 0.717) is 22.6 Å². The van der Waals surface area contributed by atoms with Gasteiger partial charge >= 0.3 is 5.97 Å². The van der Waals surface area contributed by atoms with Crippen molar-refractivity contribution >= 4 is 22.7 Å². The van der Waals surface area contributed by atoms with Crippen LogP contribution in [0.5, 0.6) is 11.5 Å². The number of carboxylic acid groups (broad SMARTS) is 1. The van der Waals surface area contributed by atoms with Crippen molar-refractivity contribution in [1.29, 1.82) is 0 Å². The third-order valence-electron chi connectivity index (χ3n) is 5.80. The maximum absolute atomic E-state index is 11.4. The van der Waals surface area contributed by atoms with E-state index in [0.717, 1.165) is 33.6 Å². The number of nitrogens with two attached hydrogens (primary N) is 1. The third kappa shape index (κ3) is 3.95. The van der Waals surface area contributed by atoms with E-state index < -0.39 is 11.9 Å². The summed E-state index contributed by atoms with van der Waals surface area (Å²) in [6, 6.07) is 24.7. The molecule has 3 aromatic carbocycles. The summed E-state index contributed by atoms with van der Waals surface area (Å²) < 4.78 is 5.89. The maximum atomic E-state index is 11.4. The predicted octanol–water partition coefficient (Wildman–Crippen LogP) is 5.85. The Morgan fingerprint density at radius 2 is 1.71 bits per heavy atom. The van der Waals surface area contributed by atoms with Crippen molar-refractivity contribution in [1.82, 2.24) is 15.2 Å². The third-order valence-corrected chi connectivity index (χ3v) is 5.80. The van der Waals surface area contributed by atoms with Gasteiger partial charge in [0.1, 0.15) is 11.5 Å². The molecule has 5 aromatic rings. The SMILES string of the molecule is CC(C(=O)O)c1cccc(-c2ncc(-c3ccc(Oc4ccccc4)cc3)c3c(N)n[nH]c23)c1. The van der Waals surface area contributed by atoms with Gasteiger partial charge in [-0.05, 0) is 48.4 Å². The monoisotopic (exact) mass is 450 g/mol. The molecule has 0 aliphatic rings. The van der Waals surface area contributed by atoms with Gasteiger partial charge in [0.15, 0.2) is 5.82 Å². The number of ether oxygens (including phenoxy) is 1. The van der Waals surface area contributed by atoms with Crippen molar-refractivity contribution in [2.75, 3.05) is 5.73 Å². The highest BCUT2D eigenvalue weighted by molar-refractivity contribution is 6.06. The number of H-pyrrole nitrogens is 1. The Hall–Kier alpha value is -4.65. The molecule has 34 heavy (non-hydrogen) atoms. The van der Waals surface area contributed by atoms with Gasteiger partial charge in [0.25, 0.3) is 0 Å². The summed E-state index contributed by atoms with van der Waals surface area (Å²) >= 11 is 0. The molecule has 168 valence electrons. The first-order chi connectivity index (χ1) is 16.5. The van der Waals surface area contributed by atoms with Gasteiger partial charge in [-0.15, -0.1) is 0 Å². The van der Waals surface area contributed by atoms with Gasteiger partial charge in [-0.1, -0.05) is 48.5 Å². The van der Waals surface area contributed by atoms with Crippen molar-refractivity contribution in [3.63, 3.8) is 0 Å². The molecular formula is C27H22N4O3. The lowest BCUT2D eigenvalue weighted by Gasteiger charge is -2.11. The zero-order valence-electron chi connectivity index (χ0n) is 18.4. The molecule has 2 heterocycles. The van der Waals surface area contributed by atoms with E-state index in [9.17, 15) is 9.90 Å². The van der Waals surface area contributed by atoms with Gasteiger partial charge in [-0.25, -0.2) is 0 Å². The molecule has 0 aliphatic heterocycles. The van der Waals surface area contributed by atoms with E-state index in [1.54, 1.807) is 19.2 Å². The molecule has 4 N–H and O–H groups in total. The molecule has 1 unspecified atom stereocenters. The number of anilines is 1. The second-order valence-corrected chi connectivity index (χ2v) is 8.00. The molecule has 0 bridgehead atoms. The molecule has 0 saturated heterocycles. The van der Waals surface area contributed by atoms with Crippen LogP contribution in [-0.2, 0) is 4.79 Å². The van der Waals surface area contributed by atoms with Crippen molar-refractivity contribution in [2.24, 2.45) is 0 Å². The number of benzene rings is 3. The summed E-state index contributed by atoms with van der Waals surface area (Å²) in [4.78, 5) is 16.1. The number of aromatic nitrogens is 3. The number of aliphatic carboxylic acids is 1. The van der Waals surface area contributed by atoms with E-state index in [2.05, 4.69) is 10.2 Å². The molecule has 0 spiro atoms. The average molecular weight is 450 g/mol. The molecule has 2 aromatic heterocycles. The fraction of sp³-hybridized carbons (Fsp3) is 0.0741. The van der Waals surface area contributed by atoms with Crippen molar-refractivity contribution in [3.05, 3.63) is 90.6 Å². The zero-order valence-corrected chi connectivity index (χ0v) is 18.4. The van der Waals surface area contributed by atoms with Crippen LogP contribution < -0.4 is 10.5 Å². The number of nitrogens with zero attached hydrogens (tertiary/aromatic N) is 2. The Balaban J connectivity index is 1.53. The highest BCUT2D eigenvalue weighted by Crippen LogP contribution is 2.37. The molecule has 0 radical (unpaired) electrons. The number of nitrogen functional groups attached to an aromatic ring is 1. The number of aromatic amines is 1. The predicted molar refractivity (Wildman–Crippen MR) is 132 cm³/mol. The van der Waals surface area contributed by atoms with E-state index in [4.69, 9.17) is 15.5 Å². The highest BCUT2D eigenvalue weighted by atomic mass is 16.5. The van der Waals surface area contributed by atoms with Gasteiger partial charge < -0.3 is 15.6 Å². The van der Waals surface area contributed by atoms with E-state index in [-0.39, 0.29) is 0 Å². The van der Waals surface area contributed by atoms with Gasteiger partial charge in [-0.3, -0.25) is 14.9 Å². The second-order valence-electron chi connectivity index (χ2n) is 8.00. The molecule has 7 nitrogen and oxygen atoms in total. The topological polar surface area (TPSA) is 114 Å². The van der Waals surface area contributed by atoms with Crippen LogP contribution >= 0.6 is 0 Å². The fourth-order valence-corrected chi connectivity index (χ4v) is 3.92. The normalized spacial score (nSPS) is 11.9. The van der Waals surface area contributed by atoms with Gasteiger partial charge in [0, 0.05) is 17.3 Å². The molecule has 0 amide bonds. The van der Waals surface area contributed by atoms with Crippen LogP contribution in [0.15, 0.2) is 85.1 Å². The lowest BCUT2D eigenvalue weighted by Crippen LogP contribution is -2.07. The van der Waals surface area contributed by atoms with Crippen LogP contribution in [0, 0.1) is 0 Å². The Kier molecular flexibility index (Phi) is 5.43. The number of hydrogen-bond acceptors (Lipinski definition) is 5. The number of para-hydroxylation sites is 1. The van der Waals surface area contributed by atoms with Crippen LogP contribution in [0.25, 0.3) is 33.3 Å². The number of hydrogen-bond donors (Lipinski definition) is 3. The van der Waals surface area contributed by atoms with E-state index >= 15 is 0 Å². The summed E-state index contributed by atoms with van der Waals surface area (Å²) in [7, 11) is 0. The maximum Gasteiger partial charge on any atom is 0.310 e. The molecule has 7 heteroatoms. The van der Waals surface area contributed by atoms with Gasteiger partial charge in [0.2, 0.25) is 0 Å². The summed E-state index contributed by atoms with van der Waals surface area (Å²) in [5, 5.41) is 17.4. The quantitative estimate of drug-likeness (QED) is 0.299. The number of rotatable bonds is 6. The molecule has 5 rings (SSSR count). The van der Waals surface area contributed by atoms with Crippen LogP contribution in [0.3, 0.4) is 0 Å². The first-order valence-corrected chi connectivity index (χ1v) is 10.8. The molecule has 0 saturated carbocycles. The largest absolute Gasteiger partial charge is 0.481 e. The number of carboxylic acids is 1. The molecular weight excluding hydrogens is 428 g/mol. The summed E-state index contributed by atoms with van der Waals surface area (Å²) in [6.07, 6.45) is 1.77. The zero-order chi connectivity index (χ0) is 23.7. The summed E-state index contributed by atoms with van der Waals surface area (Å²) in [6.45, 7) is 1.66. The Morgan fingerprint density at radius 1 is 0.971 bits per heavy atom. The number of nitrogens with one attached hydrogen (secondary N) is 1. The number of pyridine rings is 1. The minimum Gasteiger partial charge on any atom is -0.481 e. The van der Waals surface area contributed by atoms with Crippen LogP contribution in [0.4, 0.5) is 5.82 Å². The fourth-order valence-electron chi connectivity index (χ4n) is 3.92. The Morgan fingerprint density at radius 3 is 2.44 bits per heavy atom. The van der Waals surface area contributed by atoms with Gasteiger partial charge in [-0.2, -0.15) is 5.10 Å². The molecule has 0 aliphatic carbocycles. The highest BCUT2D eigenvalue weighted by Gasteiger charge is 2.18. The smallest absolute Gasteiger partial charge is 0.310 e. The summed E-state index contributed by atoms with van der Waals surface area (Å²) in [5.74, 6) is 0.352. The Labute approximate surface area is 195 Å². The van der Waals surface area contributed by atoms with Crippen molar-refractivity contribution in [3.8, 4) is 33.9 Å². The lowest BCUT2D eigenvalue weighted by molar-refractivity contribution is -0.138. The molecule has 0 fully saturated rings. The second kappa shape index (κ2) is 8.71. The molecule has 1 atom stereocenters. The first-order valence-electron chi connectivity index (χ1n) is 10.8. The van der Waals surface area contributed by atoms with E-state index in [1.807, 2.05) is 72.8 Å². The number of carbonyl (C=O) groups is 1. The van der Waals surface area contributed by atoms with E-state index in [1.165, 1.54) is 0 Å². The summed E-state index contributed by atoms with van der Waals surface area (Å²) in [5.41, 5.74) is 10.8. The lowest BCUT2D eigenvalue weighted by atomic mass is 9.96. The van der Waals surface area contributed by atoms with Gasteiger partial charge in [0.05, 0.1) is 22.5 Å². The minimum absolute atomic E-state index is 0.369. The van der Waals surface area contributed by atoms with Crippen molar-refractivity contribution < 1.29 is 14.6 Å². The number of fused-ring (bicyclic) bond motifs is 1. The van der Waals surface area contributed by atoms with Crippen LogP contribution in [0.2, 0.25) is 0 Å². The van der Waals surface area contributed by atoms with Crippen LogP contribution in [0.1, 0.15) is 18.4 Å². The standard InChI is InChI=1S/C27H22N4O3/c1-16(27(32)33)18-6-5-7-19(14-18)24-25-23(26(28)31-30-25)22(15-29-24)17-10-12-21(13-11-17)34-20-8-3-2-4-9-20/h2-16H,1H3,(H,32,33)(H3,28,30,31). The van der Waals surface area contributed by atoms with Crippen LogP contribution in [-0.4, -0.2) is 26.3 Å². The Bertz CT molecular complexity index is 1480. The first kappa shape index (κ1) is 21.2. The minimum atomic E-state index is -0.879. The average Bonchev–Trinajstić information content (AvgIpc) is 3.26.